The number of amides is 4. The average Bonchev–Trinajstić information content (AvgIpc) is 3.69. The van der Waals surface area contributed by atoms with Crippen molar-refractivity contribution < 1.29 is 42.4 Å². The number of halogens is 1. The Labute approximate surface area is 298 Å². The van der Waals surface area contributed by atoms with E-state index in [1.807, 2.05) is 16.8 Å². The number of Topliss-reactive ketones (excluding diaryl/α,β-unsaturated/α-hetero) is 1. The molecule has 2 spiro atoms. The van der Waals surface area contributed by atoms with Crippen LogP contribution < -0.4 is 5.32 Å². The summed E-state index contributed by atoms with van der Waals surface area (Å²) < 4.78 is 11.2. The zero-order chi connectivity index (χ0) is 35.1. The van der Waals surface area contributed by atoms with Crippen molar-refractivity contribution in [1.82, 2.24) is 29.8 Å². The standard InChI is InChI=1S/C17H31N4O3.C8H13N2O3.C8H16N2O.ClH/c1-4-20(14(2)22)15-5-8-18(9-6-15)16-7-10-21(11-16)12-19(13-21)17(23)24-3;1-13-8(12)9-5-10(6-9)3-2-7(11)4-10;1-7(11)10(2)8-3-5-9-6-4-8;/h15-16H,4-13H2,1-3H3;2-6H2,1H3;8-9H,3-6H2,1-2H3;1H/q2*+1;;. The van der Waals surface area contributed by atoms with Gasteiger partial charge in [-0.3, -0.25) is 28.2 Å². The summed E-state index contributed by atoms with van der Waals surface area (Å²) in [5.41, 5.74) is 0. The Morgan fingerprint density at radius 2 is 1.37 bits per heavy atom. The Morgan fingerprint density at radius 3 is 1.82 bits per heavy atom. The maximum absolute atomic E-state index is 11.7. The van der Waals surface area contributed by atoms with Crippen LogP contribution in [-0.2, 0) is 23.9 Å². The van der Waals surface area contributed by atoms with Crippen LogP contribution in [0.5, 0.6) is 0 Å². The molecular formula is C33H61ClN8O7+2. The number of nitrogens with one attached hydrogen (secondary N) is 1. The smallest absolute Gasteiger partial charge is 0.418 e. The number of nitrogens with zero attached hydrogens (tertiary/aromatic N) is 7. The summed E-state index contributed by atoms with van der Waals surface area (Å²) in [6, 6.07) is 1.50. The van der Waals surface area contributed by atoms with Gasteiger partial charge in [0.2, 0.25) is 11.8 Å². The zero-order valence-electron chi connectivity index (χ0n) is 30.6. The molecule has 49 heavy (non-hydrogen) atoms. The summed E-state index contributed by atoms with van der Waals surface area (Å²) in [6.07, 6.45) is 5.73. The first-order valence-electron chi connectivity index (χ1n) is 17.7. The summed E-state index contributed by atoms with van der Waals surface area (Å²) in [4.78, 5) is 66.2. The van der Waals surface area contributed by atoms with Crippen LogP contribution in [0.1, 0.15) is 59.3 Å². The second kappa shape index (κ2) is 18.0. The average molecular weight is 717 g/mol. The Bertz CT molecular complexity index is 1150. The fraction of sp³-hybridized carbons (Fsp3) is 0.848. The molecule has 6 fully saturated rings. The minimum absolute atomic E-state index is 0. The summed E-state index contributed by atoms with van der Waals surface area (Å²) in [5, 5.41) is 3.27. The molecule has 6 saturated heterocycles. The van der Waals surface area contributed by atoms with Crippen LogP contribution in [0.3, 0.4) is 0 Å². The highest BCUT2D eigenvalue weighted by Gasteiger charge is 2.52. The molecule has 1 N–H and O–H groups in total. The minimum Gasteiger partial charge on any atom is -0.452 e. The van der Waals surface area contributed by atoms with Crippen molar-refractivity contribution >= 4 is 42.2 Å². The van der Waals surface area contributed by atoms with E-state index in [-0.39, 0.29) is 36.4 Å². The van der Waals surface area contributed by atoms with Gasteiger partial charge in [-0.05, 0) is 45.7 Å². The maximum Gasteiger partial charge on any atom is 0.418 e. The third kappa shape index (κ3) is 10.2. The van der Waals surface area contributed by atoms with E-state index in [4.69, 9.17) is 4.74 Å². The molecule has 0 saturated carbocycles. The molecule has 0 bridgehead atoms. The van der Waals surface area contributed by atoms with Gasteiger partial charge in [0.15, 0.2) is 32.5 Å². The van der Waals surface area contributed by atoms with Gasteiger partial charge in [-0.2, -0.15) is 0 Å². The van der Waals surface area contributed by atoms with Gasteiger partial charge in [-0.1, -0.05) is 0 Å². The molecule has 6 heterocycles. The van der Waals surface area contributed by atoms with Crippen molar-refractivity contribution in [2.24, 2.45) is 0 Å². The van der Waals surface area contributed by atoms with E-state index in [1.54, 1.807) is 23.6 Å². The second-order valence-corrected chi connectivity index (χ2v) is 14.5. The normalized spacial score (nSPS) is 24.3. The molecule has 0 radical (unpaired) electrons. The Hall–Kier alpha value is -2.72. The van der Waals surface area contributed by atoms with Gasteiger partial charge in [0.25, 0.3) is 0 Å². The number of ether oxygens (including phenoxy) is 2. The molecule has 0 aromatic rings. The van der Waals surface area contributed by atoms with Gasteiger partial charge >= 0.3 is 12.2 Å². The van der Waals surface area contributed by atoms with Crippen molar-refractivity contribution in [2.45, 2.75) is 77.4 Å². The number of rotatable bonds is 4. The number of ketones is 1. The van der Waals surface area contributed by atoms with E-state index in [1.165, 1.54) is 20.6 Å². The number of quaternary nitrogens is 2. The quantitative estimate of drug-likeness (QED) is 0.428. The third-order valence-corrected chi connectivity index (χ3v) is 11.2. The van der Waals surface area contributed by atoms with E-state index >= 15 is 0 Å². The van der Waals surface area contributed by atoms with E-state index in [9.17, 15) is 24.0 Å². The van der Waals surface area contributed by atoms with E-state index in [0.29, 0.717) is 50.2 Å². The van der Waals surface area contributed by atoms with E-state index in [2.05, 4.69) is 21.9 Å². The minimum atomic E-state index is -0.289. The molecule has 1 atom stereocenters. The monoisotopic (exact) mass is 716 g/mol. The van der Waals surface area contributed by atoms with Crippen LogP contribution in [-0.4, -0.2) is 188 Å². The number of piperidine rings is 2. The molecule has 16 heteroatoms. The second-order valence-electron chi connectivity index (χ2n) is 14.5. The molecule has 6 rings (SSSR count). The number of carbonyl (C=O) groups excluding carboxylic acids is 5. The number of methoxy groups -OCH3 is 2. The van der Waals surface area contributed by atoms with E-state index < -0.39 is 0 Å². The van der Waals surface area contributed by atoms with Crippen molar-refractivity contribution in [1.29, 1.82) is 0 Å². The van der Waals surface area contributed by atoms with Crippen molar-refractivity contribution in [3.8, 4) is 0 Å². The number of likely N-dealkylation sites (tertiary alicyclic amines) is 1. The lowest BCUT2D eigenvalue weighted by molar-refractivity contribution is -0.982. The molecule has 280 valence electrons. The summed E-state index contributed by atoms with van der Waals surface area (Å²) >= 11 is 0. The van der Waals surface area contributed by atoms with Crippen molar-refractivity contribution in [3.63, 3.8) is 0 Å². The molecular weight excluding hydrogens is 656 g/mol. The SMILES string of the molecule is CC(=O)N(C)C1CCNCC1.CCN(C(C)=O)C1CCN(C2CC[N+]3(C2)CN(C(=O)OC)C3)CC1.COC(=O)N1C[N+]2(CCC(=O)C2)C1.Cl. The van der Waals surface area contributed by atoms with Crippen LogP contribution in [0.2, 0.25) is 0 Å². The van der Waals surface area contributed by atoms with Crippen LogP contribution in [0.4, 0.5) is 9.59 Å². The number of hydrogen-bond acceptors (Lipinski definition) is 9. The highest BCUT2D eigenvalue weighted by Crippen LogP contribution is 2.32. The lowest BCUT2D eigenvalue weighted by Crippen LogP contribution is -2.70. The summed E-state index contributed by atoms with van der Waals surface area (Å²) in [5.74, 6) is 0.686. The first kappa shape index (κ1) is 40.7. The molecule has 0 aliphatic carbocycles. The van der Waals surface area contributed by atoms with Crippen LogP contribution >= 0.6 is 12.4 Å². The maximum atomic E-state index is 11.7. The Kier molecular flexibility index (Phi) is 14.9. The van der Waals surface area contributed by atoms with Crippen LogP contribution in [0.15, 0.2) is 0 Å². The first-order chi connectivity index (χ1) is 22.8. The van der Waals surface area contributed by atoms with Crippen LogP contribution in [0, 0.1) is 0 Å². The number of carbonyl (C=O) groups is 5. The number of hydrogen-bond donors (Lipinski definition) is 1. The van der Waals surface area contributed by atoms with Crippen molar-refractivity contribution in [2.75, 3.05) is 107 Å². The summed E-state index contributed by atoms with van der Waals surface area (Å²) in [6.45, 7) is 17.1. The van der Waals surface area contributed by atoms with Gasteiger partial charge in [0.05, 0.1) is 46.3 Å². The predicted octanol–water partition coefficient (Wildman–Crippen LogP) is 1.32. The Balaban J connectivity index is 0.000000219. The molecule has 1 unspecified atom stereocenters. The fourth-order valence-electron chi connectivity index (χ4n) is 8.35. The molecule has 6 aliphatic rings. The molecule has 0 aromatic heterocycles. The topological polar surface area (TPSA) is 132 Å². The third-order valence-electron chi connectivity index (χ3n) is 11.2. The predicted molar refractivity (Wildman–Crippen MR) is 185 cm³/mol. The van der Waals surface area contributed by atoms with Gasteiger partial charge < -0.3 is 24.6 Å². The zero-order valence-corrected chi connectivity index (χ0v) is 31.4. The molecule has 0 aromatic carbocycles. The van der Waals surface area contributed by atoms with Gasteiger partial charge in [-0.25, -0.2) is 19.4 Å². The fourth-order valence-corrected chi connectivity index (χ4v) is 8.35. The largest absolute Gasteiger partial charge is 0.452 e. The van der Waals surface area contributed by atoms with Gasteiger partial charge in [0.1, 0.15) is 6.54 Å². The van der Waals surface area contributed by atoms with Gasteiger partial charge in [-0.15, -0.1) is 12.4 Å². The molecule has 15 nitrogen and oxygen atoms in total. The van der Waals surface area contributed by atoms with E-state index in [0.717, 1.165) is 100 Å². The lowest BCUT2D eigenvalue weighted by atomic mass is 10.0. The summed E-state index contributed by atoms with van der Waals surface area (Å²) in [7, 11) is 4.71. The van der Waals surface area contributed by atoms with Gasteiger partial charge in [0, 0.05) is 59.0 Å². The highest BCUT2D eigenvalue weighted by atomic mass is 35.5. The Morgan fingerprint density at radius 1 is 0.816 bits per heavy atom. The van der Waals surface area contributed by atoms with Crippen LogP contribution in [0.25, 0.3) is 0 Å². The lowest BCUT2D eigenvalue weighted by Gasteiger charge is -2.49. The van der Waals surface area contributed by atoms with Crippen molar-refractivity contribution in [3.05, 3.63) is 0 Å². The molecule has 4 amide bonds. The first-order valence-corrected chi connectivity index (χ1v) is 17.7. The molecule has 6 aliphatic heterocycles. The highest BCUT2D eigenvalue weighted by molar-refractivity contribution is 5.85.